The van der Waals surface area contributed by atoms with Crippen molar-refractivity contribution in [1.82, 2.24) is 4.90 Å². The number of carbonyl (C=O) groups is 2. The van der Waals surface area contributed by atoms with Gasteiger partial charge in [-0.15, -0.1) is 0 Å². The predicted molar refractivity (Wildman–Crippen MR) is 101 cm³/mol. The molecular weight excluding hydrogens is 352 g/mol. The Morgan fingerprint density at radius 3 is 2.23 bits per heavy atom. The summed E-state index contributed by atoms with van der Waals surface area (Å²) in [5.41, 5.74) is 1.73. The summed E-state index contributed by atoms with van der Waals surface area (Å²) < 4.78 is 24.4. The van der Waals surface area contributed by atoms with Gasteiger partial charge in [-0.05, 0) is 31.2 Å². The Morgan fingerprint density at radius 2 is 1.62 bits per heavy atom. The molecule has 0 spiro atoms. The Hall–Kier alpha value is -2.67. The van der Waals surface area contributed by atoms with Crippen molar-refractivity contribution in [3.63, 3.8) is 0 Å². The molecule has 0 atom stereocenters. The number of hydrogen-bond acceptors (Lipinski definition) is 4. The highest BCUT2D eigenvalue weighted by molar-refractivity contribution is 7.91. The second-order valence-corrected chi connectivity index (χ2v) is 8.16. The monoisotopic (exact) mass is 374 g/mol. The maximum atomic E-state index is 12.2. The largest absolute Gasteiger partial charge is 0.336 e. The third kappa shape index (κ3) is 5.70. The van der Waals surface area contributed by atoms with Crippen LogP contribution in [-0.4, -0.2) is 44.5 Å². The number of benzene rings is 2. The minimum atomic E-state index is -3.52. The molecule has 0 heterocycles. The van der Waals surface area contributed by atoms with E-state index < -0.39 is 15.7 Å². The van der Waals surface area contributed by atoms with Crippen molar-refractivity contribution < 1.29 is 18.0 Å². The number of amides is 2. The van der Waals surface area contributed by atoms with E-state index in [9.17, 15) is 18.0 Å². The molecule has 0 bridgehead atoms. The Morgan fingerprint density at radius 1 is 1.00 bits per heavy atom. The number of likely N-dealkylation sites (N-methyl/N-ethyl adjacent to an activating group) is 1. The molecule has 0 unspecified atom stereocenters. The van der Waals surface area contributed by atoms with Crippen LogP contribution in [-0.2, 0) is 19.4 Å². The summed E-state index contributed by atoms with van der Waals surface area (Å²) in [7, 11) is -2.04. The Kier molecular flexibility index (Phi) is 6.52. The van der Waals surface area contributed by atoms with Gasteiger partial charge in [-0.1, -0.05) is 35.9 Å². The molecular formula is C19H22N2O4S. The van der Waals surface area contributed by atoms with Crippen LogP contribution in [0.1, 0.15) is 12.0 Å². The van der Waals surface area contributed by atoms with Crippen LogP contribution < -0.4 is 5.32 Å². The molecule has 26 heavy (non-hydrogen) atoms. The van der Waals surface area contributed by atoms with Crippen LogP contribution in [0.5, 0.6) is 0 Å². The van der Waals surface area contributed by atoms with E-state index in [-0.39, 0.29) is 29.5 Å². The molecule has 138 valence electrons. The summed E-state index contributed by atoms with van der Waals surface area (Å²) in [6.07, 6.45) is -0.175. The lowest BCUT2D eigenvalue weighted by Gasteiger charge is -2.17. The summed E-state index contributed by atoms with van der Waals surface area (Å²) in [4.78, 5) is 25.6. The number of rotatable bonds is 7. The number of aryl methyl sites for hydroxylation is 1. The fraction of sp³-hybridized carbons (Fsp3) is 0.263. The summed E-state index contributed by atoms with van der Waals surface area (Å²) in [6, 6.07) is 15.3. The van der Waals surface area contributed by atoms with Crippen molar-refractivity contribution in [2.24, 2.45) is 0 Å². The molecule has 2 amide bonds. The number of anilines is 1. The van der Waals surface area contributed by atoms with Crippen LogP contribution in [0.25, 0.3) is 0 Å². The second-order valence-electron chi connectivity index (χ2n) is 6.05. The fourth-order valence-electron chi connectivity index (χ4n) is 2.30. The van der Waals surface area contributed by atoms with Crippen LogP contribution in [0, 0.1) is 6.92 Å². The van der Waals surface area contributed by atoms with E-state index in [2.05, 4.69) is 5.32 Å². The lowest BCUT2D eigenvalue weighted by Crippen LogP contribution is -2.35. The van der Waals surface area contributed by atoms with E-state index in [1.165, 1.54) is 24.1 Å². The normalized spacial score (nSPS) is 11.0. The summed E-state index contributed by atoms with van der Waals surface area (Å²) in [6.45, 7) is 1.81. The van der Waals surface area contributed by atoms with Crippen molar-refractivity contribution in [2.45, 2.75) is 18.2 Å². The van der Waals surface area contributed by atoms with Crippen LogP contribution in [0.15, 0.2) is 59.5 Å². The molecule has 0 radical (unpaired) electrons. The van der Waals surface area contributed by atoms with Gasteiger partial charge in [0.15, 0.2) is 9.84 Å². The third-order valence-electron chi connectivity index (χ3n) is 3.83. The van der Waals surface area contributed by atoms with Gasteiger partial charge in [0.25, 0.3) is 0 Å². The number of sulfone groups is 1. The van der Waals surface area contributed by atoms with Crippen LogP contribution in [0.4, 0.5) is 5.69 Å². The van der Waals surface area contributed by atoms with E-state index in [0.717, 1.165) is 5.56 Å². The molecule has 1 N–H and O–H groups in total. The lowest BCUT2D eigenvalue weighted by atomic mass is 10.2. The van der Waals surface area contributed by atoms with Crippen LogP contribution in [0.3, 0.4) is 0 Å². The van der Waals surface area contributed by atoms with Crippen molar-refractivity contribution in [3.8, 4) is 0 Å². The third-order valence-corrected chi connectivity index (χ3v) is 5.56. The predicted octanol–water partition coefficient (Wildman–Crippen LogP) is 2.26. The molecule has 0 aromatic heterocycles. The first-order valence-electron chi connectivity index (χ1n) is 8.16. The smallest absolute Gasteiger partial charge is 0.243 e. The zero-order chi connectivity index (χ0) is 19.2. The average molecular weight is 374 g/mol. The average Bonchev–Trinajstić information content (AvgIpc) is 2.62. The van der Waals surface area contributed by atoms with Crippen LogP contribution >= 0.6 is 0 Å². The van der Waals surface area contributed by atoms with Crippen molar-refractivity contribution in [2.75, 3.05) is 24.7 Å². The first-order valence-corrected chi connectivity index (χ1v) is 9.81. The van der Waals surface area contributed by atoms with E-state index in [0.29, 0.717) is 5.69 Å². The first kappa shape index (κ1) is 19.7. The van der Waals surface area contributed by atoms with E-state index in [4.69, 9.17) is 0 Å². The van der Waals surface area contributed by atoms with Gasteiger partial charge in [-0.2, -0.15) is 0 Å². The molecule has 0 saturated heterocycles. The number of nitrogens with zero attached hydrogens (tertiary/aromatic N) is 1. The minimum absolute atomic E-state index is 0.141. The van der Waals surface area contributed by atoms with Gasteiger partial charge >= 0.3 is 0 Å². The second kappa shape index (κ2) is 8.62. The van der Waals surface area contributed by atoms with Gasteiger partial charge in [-0.3, -0.25) is 9.59 Å². The Bertz CT molecular complexity index is 862. The topological polar surface area (TPSA) is 83.6 Å². The van der Waals surface area contributed by atoms with Gasteiger partial charge in [0.1, 0.15) is 0 Å². The quantitative estimate of drug-likeness (QED) is 0.806. The van der Waals surface area contributed by atoms with Gasteiger partial charge in [0.2, 0.25) is 11.8 Å². The van der Waals surface area contributed by atoms with E-state index in [1.54, 1.807) is 30.3 Å². The molecule has 6 nitrogen and oxygen atoms in total. The highest BCUT2D eigenvalue weighted by Crippen LogP contribution is 2.12. The van der Waals surface area contributed by atoms with Gasteiger partial charge in [-0.25, -0.2) is 8.42 Å². The summed E-state index contributed by atoms with van der Waals surface area (Å²) >= 11 is 0. The number of nitrogens with one attached hydrogen (secondary N) is 1. The Balaban J connectivity index is 1.85. The molecule has 0 aliphatic carbocycles. The Labute approximate surface area is 153 Å². The summed E-state index contributed by atoms with van der Waals surface area (Å²) in [5.74, 6) is -1.03. The zero-order valence-electron chi connectivity index (χ0n) is 14.8. The molecule has 2 rings (SSSR count). The fourth-order valence-corrected chi connectivity index (χ4v) is 3.55. The zero-order valence-corrected chi connectivity index (χ0v) is 15.6. The maximum Gasteiger partial charge on any atom is 0.243 e. The SMILES string of the molecule is Cc1ccc(NC(=O)CN(C)C(=O)CCS(=O)(=O)c2ccccc2)cc1. The van der Waals surface area contributed by atoms with E-state index >= 15 is 0 Å². The molecule has 0 aliphatic rings. The van der Waals surface area contributed by atoms with Gasteiger partial charge < -0.3 is 10.2 Å². The molecule has 2 aromatic rings. The van der Waals surface area contributed by atoms with Gasteiger partial charge in [0, 0.05) is 19.2 Å². The first-order chi connectivity index (χ1) is 12.3. The molecule has 2 aromatic carbocycles. The highest BCUT2D eigenvalue weighted by atomic mass is 32.2. The maximum absolute atomic E-state index is 12.2. The molecule has 0 aliphatic heterocycles. The molecule has 7 heteroatoms. The number of hydrogen-bond donors (Lipinski definition) is 1. The highest BCUT2D eigenvalue weighted by Gasteiger charge is 2.19. The van der Waals surface area contributed by atoms with Crippen molar-refractivity contribution in [1.29, 1.82) is 0 Å². The summed E-state index contributed by atoms with van der Waals surface area (Å²) in [5, 5.41) is 2.70. The van der Waals surface area contributed by atoms with Gasteiger partial charge in [0.05, 0.1) is 17.2 Å². The molecule has 0 fully saturated rings. The lowest BCUT2D eigenvalue weighted by molar-refractivity contribution is -0.132. The van der Waals surface area contributed by atoms with Crippen LogP contribution in [0.2, 0.25) is 0 Å². The van der Waals surface area contributed by atoms with Crippen molar-refractivity contribution in [3.05, 3.63) is 60.2 Å². The number of carbonyl (C=O) groups excluding carboxylic acids is 2. The standard InChI is InChI=1S/C19H22N2O4S/c1-15-8-10-16(11-9-15)20-18(22)14-21(2)19(23)12-13-26(24,25)17-6-4-3-5-7-17/h3-11H,12-14H2,1-2H3,(H,20,22). The van der Waals surface area contributed by atoms with Crippen molar-refractivity contribution >= 4 is 27.3 Å². The van der Waals surface area contributed by atoms with E-state index in [1.807, 2.05) is 19.1 Å². The minimum Gasteiger partial charge on any atom is -0.336 e. The molecule has 0 saturated carbocycles.